The van der Waals surface area contributed by atoms with Gasteiger partial charge in [0.25, 0.3) is 0 Å². The predicted octanol–water partition coefficient (Wildman–Crippen LogP) is 2.24. The number of amides is 1. The molecule has 0 aliphatic rings. The van der Waals surface area contributed by atoms with Crippen molar-refractivity contribution >= 4 is 17.4 Å². The van der Waals surface area contributed by atoms with Crippen LogP contribution in [-0.2, 0) is 4.79 Å². The monoisotopic (exact) mass is 267 g/mol. The number of carbonyl (C=O) groups is 1. The molecule has 0 bridgehead atoms. The Balaban J connectivity index is 2.87. The van der Waals surface area contributed by atoms with Crippen LogP contribution in [-0.4, -0.2) is 17.0 Å². The zero-order valence-corrected chi connectivity index (χ0v) is 11.0. The Morgan fingerprint density at radius 1 is 1.58 bits per heavy atom. The Labute approximate surface area is 111 Å². The van der Waals surface area contributed by atoms with Crippen molar-refractivity contribution in [1.29, 1.82) is 0 Å². The molecule has 6 heteroatoms. The molecule has 0 saturated heterocycles. The highest BCUT2D eigenvalue weighted by Crippen LogP contribution is 2.17. The highest BCUT2D eigenvalue weighted by molar-refractivity contribution is 6.07. The number of carbonyl (C=O) groups excluding carboxylic acids is 1. The van der Waals surface area contributed by atoms with E-state index >= 15 is 0 Å². The van der Waals surface area contributed by atoms with E-state index in [0.717, 1.165) is 5.56 Å². The summed E-state index contributed by atoms with van der Waals surface area (Å²) in [7, 11) is 0. The standard InChI is InChI=1S/C13H18FN3O2/c1-3-4-9(12(15)17-19)13(18)16-11-6-5-8(2)7-10(11)14/h5-7,9,19H,3-4H2,1-2H3,(H2,15,17)(H,16,18). The molecule has 0 aliphatic heterocycles. The third-order valence-electron chi connectivity index (χ3n) is 2.75. The number of amidine groups is 1. The minimum absolute atomic E-state index is 0.0856. The number of oxime groups is 1. The van der Waals surface area contributed by atoms with Crippen LogP contribution in [0.4, 0.5) is 10.1 Å². The van der Waals surface area contributed by atoms with Crippen molar-refractivity contribution in [2.24, 2.45) is 16.8 Å². The first kappa shape index (κ1) is 14.9. The molecule has 104 valence electrons. The third kappa shape index (κ3) is 3.94. The fourth-order valence-electron chi connectivity index (χ4n) is 1.71. The minimum Gasteiger partial charge on any atom is -0.409 e. The van der Waals surface area contributed by atoms with E-state index in [2.05, 4.69) is 10.5 Å². The Hall–Kier alpha value is -2.11. The maximum absolute atomic E-state index is 13.6. The molecule has 0 spiro atoms. The minimum atomic E-state index is -0.768. The molecule has 1 rings (SSSR count). The van der Waals surface area contributed by atoms with Gasteiger partial charge in [-0.2, -0.15) is 0 Å². The Bertz CT molecular complexity index is 489. The second-order valence-corrected chi connectivity index (χ2v) is 4.34. The van der Waals surface area contributed by atoms with Gasteiger partial charge in [-0.1, -0.05) is 24.6 Å². The zero-order chi connectivity index (χ0) is 14.4. The van der Waals surface area contributed by atoms with Gasteiger partial charge in [0.05, 0.1) is 11.6 Å². The van der Waals surface area contributed by atoms with Gasteiger partial charge in [-0.3, -0.25) is 4.79 Å². The van der Waals surface area contributed by atoms with Gasteiger partial charge in [0.1, 0.15) is 5.82 Å². The summed E-state index contributed by atoms with van der Waals surface area (Å²) in [6.45, 7) is 3.63. The van der Waals surface area contributed by atoms with Crippen LogP contribution in [0.15, 0.2) is 23.4 Å². The quantitative estimate of drug-likeness (QED) is 0.331. The summed E-state index contributed by atoms with van der Waals surface area (Å²) in [5, 5.41) is 13.9. The van der Waals surface area contributed by atoms with Crippen LogP contribution in [0.2, 0.25) is 0 Å². The van der Waals surface area contributed by atoms with Gasteiger partial charge in [-0.15, -0.1) is 0 Å². The van der Waals surface area contributed by atoms with Crippen LogP contribution in [0.5, 0.6) is 0 Å². The second kappa shape index (κ2) is 6.72. The van der Waals surface area contributed by atoms with Gasteiger partial charge < -0.3 is 16.3 Å². The molecule has 1 aromatic carbocycles. The predicted molar refractivity (Wildman–Crippen MR) is 71.6 cm³/mol. The van der Waals surface area contributed by atoms with Crippen molar-refractivity contribution in [3.63, 3.8) is 0 Å². The lowest BCUT2D eigenvalue weighted by molar-refractivity contribution is -0.118. The zero-order valence-electron chi connectivity index (χ0n) is 11.0. The number of nitrogens with zero attached hydrogens (tertiary/aromatic N) is 1. The average Bonchev–Trinajstić information content (AvgIpc) is 2.38. The molecule has 1 aromatic rings. The average molecular weight is 267 g/mol. The molecule has 0 saturated carbocycles. The summed E-state index contributed by atoms with van der Waals surface area (Å²) in [6, 6.07) is 4.50. The highest BCUT2D eigenvalue weighted by atomic mass is 19.1. The van der Waals surface area contributed by atoms with Crippen molar-refractivity contribution in [1.82, 2.24) is 0 Å². The van der Waals surface area contributed by atoms with Crippen LogP contribution >= 0.6 is 0 Å². The lowest BCUT2D eigenvalue weighted by Gasteiger charge is -2.15. The van der Waals surface area contributed by atoms with Crippen molar-refractivity contribution in [3.8, 4) is 0 Å². The molecule has 1 atom stereocenters. The topological polar surface area (TPSA) is 87.7 Å². The molecule has 0 heterocycles. The number of nitrogens with two attached hydrogens (primary N) is 1. The molecule has 1 amide bonds. The summed E-state index contributed by atoms with van der Waals surface area (Å²) in [6.07, 6.45) is 1.11. The summed E-state index contributed by atoms with van der Waals surface area (Å²) in [5.41, 5.74) is 6.31. The van der Waals surface area contributed by atoms with E-state index in [1.807, 2.05) is 6.92 Å². The number of hydrogen-bond acceptors (Lipinski definition) is 3. The van der Waals surface area contributed by atoms with Crippen molar-refractivity contribution in [3.05, 3.63) is 29.6 Å². The van der Waals surface area contributed by atoms with Gasteiger partial charge >= 0.3 is 0 Å². The number of anilines is 1. The van der Waals surface area contributed by atoms with E-state index in [4.69, 9.17) is 10.9 Å². The molecule has 4 N–H and O–H groups in total. The number of benzene rings is 1. The first-order valence-corrected chi connectivity index (χ1v) is 6.04. The van der Waals surface area contributed by atoms with Crippen molar-refractivity contribution < 1.29 is 14.4 Å². The highest BCUT2D eigenvalue weighted by Gasteiger charge is 2.23. The number of hydrogen-bond donors (Lipinski definition) is 3. The molecular weight excluding hydrogens is 249 g/mol. The maximum Gasteiger partial charge on any atom is 0.235 e. The molecule has 0 radical (unpaired) electrons. The van der Waals surface area contributed by atoms with Crippen LogP contribution in [0.3, 0.4) is 0 Å². The normalized spacial score (nSPS) is 13.1. The van der Waals surface area contributed by atoms with Crippen LogP contribution in [0.25, 0.3) is 0 Å². The first-order valence-electron chi connectivity index (χ1n) is 6.04. The molecular formula is C13H18FN3O2. The molecule has 19 heavy (non-hydrogen) atoms. The Kier molecular flexibility index (Phi) is 5.29. The second-order valence-electron chi connectivity index (χ2n) is 4.34. The van der Waals surface area contributed by atoms with E-state index in [1.165, 1.54) is 12.1 Å². The van der Waals surface area contributed by atoms with Gasteiger partial charge in [-0.25, -0.2) is 4.39 Å². The van der Waals surface area contributed by atoms with E-state index < -0.39 is 17.6 Å². The van der Waals surface area contributed by atoms with E-state index in [9.17, 15) is 9.18 Å². The fourth-order valence-corrected chi connectivity index (χ4v) is 1.71. The van der Waals surface area contributed by atoms with E-state index in [0.29, 0.717) is 12.8 Å². The van der Waals surface area contributed by atoms with E-state index in [1.54, 1.807) is 13.0 Å². The van der Waals surface area contributed by atoms with Crippen LogP contribution in [0.1, 0.15) is 25.3 Å². The van der Waals surface area contributed by atoms with Crippen molar-refractivity contribution in [2.75, 3.05) is 5.32 Å². The van der Waals surface area contributed by atoms with Gasteiger partial charge in [0, 0.05) is 0 Å². The number of halogens is 1. The Morgan fingerprint density at radius 2 is 2.26 bits per heavy atom. The molecule has 5 nitrogen and oxygen atoms in total. The van der Waals surface area contributed by atoms with Crippen molar-refractivity contribution in [2.45, 2.75) is 26.7 Å². The van der Waals surface area contributed by atoms with E-state index in [-0.39, 0.29) is 11.5 Å². The maximum atomic E-state index is 13.6. The van der Waals surface area contributed by atoms with Crippen LogP contribution < -0.4 is 11.1 Å². The first-order chi connectivity index (χ1) is 8.99. The smallest absolute Gasteiger partial charge is 0.235 e. The fraction of sp³-hybridized carbons (Fsp3) is 0.385. The van der Waals surface area contributed by atoms with Gasteiger partial charge in [-0.05, 0) is 31.0 Å². The van der Waals surface area contributed by atoms with Gasteiger partial charge in [0.15, 0.2) is 5.84 Å². The molecule has 0 aromatic heterocycles. The lowest BCUT2D eigenvalue weighted by Crippen LogP contribution is -2.34. The summed E-state index contributed by atoms with van der Waals surface area (Å²) < 4.78 is 13.6. The molecule has 1 unspecified atom stereocenters. The number of nitrogens with one attached hydrogen (secondary N) is 1. The number of aryl methyl sites for hydroxylation is 1. The summed E-state index contributed by atoms with van der Waals surface area (Å²) in [4.78, 5) is 12.0. The summed E-state index contributed by atoms with van der Waals surface area (Å²) >= 11 is 0. The molecule has 0 fully saturated rings. The van der Waals surface area contributed by atoms with Crippen LogP contribution in [0, 0.1) is 18.7 Å². The van der Waals surface area contributed by atoms with Gasteiger partial charge in [0.2, 0.25) is 5.91 Å². The largest absolute Gasteiger partial charge is 0.409 e. The third-order valence-corrected chi connectivity index (χ3v) is 2.75. The SMILES string of the molecule is CCCC(C(=O)Nc1ccc(C)cc1F)C(N)=NO. The summed E-state index contributed by atoms with van der Waals surface area (Å²) in [5.74, 6) is -1.94. The Morgan fingerprint density at radius 3 is 2.79 bits per heavy atom. The lowest BCUT2D eigenvalue weighted by atomic mass is 10.0. The number of rotatable bonds is 5. The molecule has 0 aliphatic carbocycles.